The second-order valence-corrected chi connectivity index (χ2v) is 13.2. The predicted octanol–water partition coefficient (Wildman–Crippen LogP) is 12.1. The normalized spacial score (nSPS) is 13.6. The summed E-state index contributed by atoms with van der Waals surface area (Å²) in [5.74, 6) is 1.82. The molecule has 0 amide bonds. The molecule has 0 atom stereocenters. The fourth-order valence-corrected chi connectivity index (χ4v) is 8.86. The quantitative estimate of drug-likeness (QED) is 0.187. The molecule has 49 heavy (non-hydrogen) atoms. The average molecular weight is 624 g/mol. The van der Waals surface area contributed by atoms with Crippen molar-refractivity contribution in [3.05, 3.63) is 198 Å². The zero-order valence-corrected chi connectivity index (χ0v) is 26.6. The van der Waals surface area contributed by atoms with Crippen LogP contribution < -0.4 is 4.74 Å². The standard InChI is InChI=1S/C47H29NO/c1-2-13-33(14-3-1)48-42-25-23-31(28-37(42)46-34-15-5-4-12-30(34)22-26-43(46)48)32-24-27-45-41(29-32)47(40-20-10-11-21-44(40)49-45)38-18-8-6-16-35(38)36-17-7-9-19-39(36)47/h1-29H. The summed E-state index contributed by atoms with van der Waals surface area (Å²) in [6, 6.07) is 64.1. The van der Waals surface area contributed by atoms with Gasteiger partial charge in [0.15, 0.2) is 0 Å². The first-order chi connectivity index (χ1) is 24.3. The van der Waals surface area contributed by atoms with Crippen LogP contribution in [-0.2, 0) is 5.41 Å². The molecule has 0 N–H and O–H groups in total. The van der Waals surface area contributed by atoms with E-state index in [0.29, 0.717) is 0 Å². The molecule has 0 radical (unpaired) electrons. The molecule has 0 fully saturated rings. The molecule has 1 aromatic heterocycles. The zero-order valence-electron chi connectivity index (χ0n) is 26.6. The van der Waals surface area contributed by atoms with Crippen LogP contribution in [0.1, 0.15) is 22.3 Å². The number of nitrogens with zero attached hydrogens (tertiary/aromatic N) is 1. The fraction of sp³-hybridized carbons (Fsp3) is 0.0213. The lowest BCUT2D eigenvalue weighted by atomic mass is 9.66. The van der Waals surface area contributed by atoms with Gasteiger partial charge in [0.1, 0.15) is 11.5 Å². The Balaban J connectivity index is 1.20. The first kappa shape index (κ1) is 26.7. The minimum absolute atomic E-state index is 0.489. The monoisotopic (exact) mass is 623 g/mol. The lowest BCUT2D eigenvalue weighted by molar-refractivity contribution is 0.436. The summed E-state index contributed by atoms with van der Waals surface area (Å²) in [5.41, 5.74) is 13.0. The topological polar surface area (TPSA) is 14.2 Å². The molecule has 8 aromatic carbocycles. The Morgan fingerprint density at radius 3 is 1.84 bits per heavy atom. The van der Waals surface area contributed by atoms with Crippen LogP contribution in [-0.4, -0.2) is 4.57 Å². The summed E-state index contributed by atoms with van der Waals surface area (Å²) >= 11 is 0. The maximum Gasteiger partial charge on any atom is 0.132 e. The highest BCUT2D eigenvalue weighted by Crippen LogP contribution is 2.62. The fourth-order valence-electron chi connectivity index (χ4n) is 8.86. The third-order valence-electron chi connectivity index (χ3n) is 10.8. The van der Waals surface area contributed by atoms with Gasteiger partial charge in [0.25, 0.3) is 0 Å². The molecule has 2 heterocycles. The third kappa shape index (κ3) is 3.50. The van der Waals surface area contributed by atoms with E-state index in [1.165, 1.54) is 77.1 Å². The lowest BCUT2D eigenvalue weighted by Crippen LogP contribution is -2.32. The van der Waals surface area contributed by atoms with Crippen LogP contribution in [0.2, 0.25) is 0 Å². The summed E-state index contributed by atoms with van der Waals surface area (Å²) in [6.07, 6.45) is 0. The zero-order chi connectivity index (χ0) is 32.1. The minimum atomic E-state index is -0.489. The molecule has 0 bridgehead atoms. The van der Waals surface area contributed by atoms with Gasteiger partial charge in [0, 0.05) is 27.6 Å². The van der Waals surface area contributed by atoms with Gasteiger partial charge in [-0.25, -0.2) is 0 Å². The molecule has 228 valence electrons. The summed E-state index contributed by atoms with van der Waals surface area (Å²) in [5, 5.41) is 5.05. The van der Waals surface area contributed by atoms with E-state index < -0.39 is 5.41 Å². The van der Waals surface area contributed by atoms with E-state index in [2.05, 4.69) is 180 Å². The summed E-state index contributed by atoms with van der Waals surface area (Å²) in [4.78, 5) is 0. The summed E-state index contributed by atoms with van der Waals surface area (Å²) < 4.78 is 9.11. The Bertz CT molecular complexity index is 2760. The lowest BCUT2D eigenvalue weighted by Gasteiger charge is -2.39. The van der Waals surface area contributed by atoms with E-state index in [4.69, 9.17) is 4.74 Å². The van der Waals surface area contributed by atoms with Gasteiger partial charge < -0.3 is 9.30 Å². The van der Waals surface area contributed by atoms with Gasteiger partial charge >= 0.3 is 0 Å². The molecule has 0 saturated heterocycles. The molecule has 11 rings (SSSR count). The largest absolute Gasteiger partial charge is 0.457 e. The Morgan fingerprint density at radius 2 is 1.02 bits per heavy atom. The van der Waals surface area contributed by atoms with Crippen LogP contribution in [0.15, 0.2) is 176 Å². The van der Waals surface area contributed by atoms with Crippen molar-refractivity contribution in [2.45, 2.75) is 5.41 Å². The SMILES string of the molecule is c1ccc(-n2c3ccc(-c4ccc5c(c4)C4(c6ccccc6O5)c5ccccc5-c5ccccc54)cc3c3c4ccccc4ccc32)cc1. The predicted molar refractivity (Wildman–Crippen MR) is 201 cm³/mol. The molecular formula is C47H29NO. The molecule has 1 aliphatic carbocycles. The van der Waals surface area contributed by atoms with Crippen LogP contribution in [0.5, 0.6) is 11.5 Å². The first-order valence-corrected chi connectivity index (χ1v) is 16.9. The first-order valence-electron chi connectivity index (χ1n) is 16.9. The van der Waals surface area contributed by atoms with Crippen molar-refractivity contribution in [1.82, 2.24) is 4.57 Å². The summed E-state index contributed by atoms with van der Waals surface area (Å²) in [6.45, 7) is 0. The maximum absolute atomic E-state index is 6.71. The van der Waals surface area contributed by atoms with E-state index in [1.807, 2.05) is 0 Å². The highest BCUT2D eigenvalue weighted by Gasteiger charge is 2.51. The van der Waals surface area contributed by atoms with Crippen molar-refractivity contribution in [3.8, 4) is 39.4 Å². The Labute approximate surface area is 284 Å². The molecule has 1 spiro atoms. The van der Waals surface area contributed by atoms with Gasteiger partial charge in [0.2, 0.25) is 0 Å². The number of hydrogen-bond acceptors (Lipinski definition) is 1. The minimum Gasteiger partial charge on any atom is -0.457 e. The number of aromatic nitrogens is 1. The molecular weight excluding hydrogens is 595 g/mol. The second kappa shape index (κ2) is 9.82. The average Bonchev–Trinajstić information content (AvgIpc) is 3.66. The van der Waals surface area contributed by atoms with E-state index in [-0.39, 0.29) is 0 Å². The number of rotatable bonds is 2. The van der Waals surface area contributed by atoms with Crippen molar-refractivity contribution < 1.29 is 4.74 Å². The van der Waals surface area contributed by atoms with Crippen molar-refractivity contribution >= 4 is 32.6 Å². The molecule has 0 unspecified atom stereocenters. The number of fused-ring (bicyclic) bond motifs is 14. The Morgan fingerprint density at radius 1 is 0.408 bits per heavy atom. The molecule has 2 aliphatic rings. The molecule has 1 aliphatic heterocycles. The van der Waals surface area contributed by atoms with Gasteiger partial charge in [0.05, 0.1) is 16.4 Å². The van der Waals surface area contributed by atoms with Crippen molar-refractivity contribution in [2.24, 2.45) is 0 Å². The van der Waals surface area contributed by atoms with Gasteiger partial charge in [-0.05, 0) is 92.7 Å². The van der Waals surface area contributed by atoms with Gasteiger partial charge in [-0.1, -0.05) is 127 Å². The molecule has 2 heteroatoms. The van der Waals surface area contributed by atoms with E-state index in [1.54, 1.807) is 0 Å². The van der Waals surface area contributed by atoms with Crippen LogP contribution in [0, 0.1) is 0 Å². The smallest absolute Gasteiger partial charge is 0.132 e. The third-order valence-corrected chi connectivity index (χ3v) is 10.8. The van der Waals surface area contributed by atoms with Crippen LogP contribution in [0.4, 0.5) is 0 Å². The second-order valence-electron chi connectivity index (χ2n) is 13.2. The number of benzene rings is 8. The van der Waals surface area contributed by atoms with Crippen molar-refractivity contribution in [3.63, 3.8) is 0 Å². The van der Waals surface area contributed by atoms with E-state index in [0.717, 1.165) is 17.2 Å². The maximum atomic E-state index is 6.71. The van der Waals surface area contributed by atoms with Gasteiger partial charge in [-0.3, -0.25) is 0 Å². The van der Waals surface area contributed by atoms with E-state index >= 15 is 0 Å². The summed E-state index contributed by atoms with van der Waals surface area (Å²) in [7, 11) is 0. The number of ether oxygens (including phenoxy) is 1. The highest BCUT2D eigenvalue weighted by molar-refractivity contribution is 6.21. The highest BCUT2D eigenvalue weighted by atomic mass is 16.5. The van der Waals surface area contributed by atoms with E-state index in [9.17, 15) is 0 Å². The Kier molecular flexibility index (Phi) is 5.34. The van der Waals surface area contributed by atoms with Crippen LogP contribution in [0.3, 0.4) is 0 Å². The molecule has 0 saturated carbocycles. The van der Waals surface area contributed by atoms with Crippen molar-refractivity contribution in [1.29, 1.82) is 0 Å². The van der Waals surface area contributed by atoms with Crippen LogP contribution >= 0.6 is 0 Å². The molecule has 2 nitrogen and oxygen atoms in total. The van der Waals surface area contributed by atoms with Gasteiger partial charge in [-0.2, -0.15) is 0 Å². The van der Waals surface area contributed by atoms with Gasteiger partial charge in [-0.15, -0.1) is 0 Å². The Hall–Kier alpha value is -6.38. The number of para-hydroxylation sites is 2. The number of hydrogen-bond donors (Lipinski definition) is 0. The van der Waals surface area contributed by atoms with Crippen LogP contribution in [0.25, 0.3) is 60.5 Å². The molecule has 9 aromatic rings. The van der Waals surface area contributed by atoms with Crippen molar-refractivity contribution in [2.75, 3.05) is 0 Å².